The highest BCUT2D eigenvalue weighted by molar-refractivity contribution is 5.87. The first-order chi connectivity index (χ1) is 11.4. The summed E-state index contributed by atoms with van der Waals surface area (Å²) in [4.78, 5) is 24.5. The van der Waals surface area contributed by atoms with Crippen LogP contribution in [0.25, 0.3) is 0 Å². The number of hydrogen-bond acceptors (Lipinski definition) is 3. The Labute approximate surface area is 144 Å². The Morgan fingerprint density at radius 2 is 1.92 bits per heavy atom. The number of carbonyl (C=O) groups excluding carboxylic acids is 2. The number of Topliss-reactive ketones (excluding diaryl/α,β-unsaturated/α-hetero) is 2. The Morgan fingerprint density at radius 1 is 1.17 bits per heavy atom. The number of rotatable bonds is 1. The number of terminal acetylenes is 1. The molecule has 0 amide bonds. The minimum Gasteiger partial charge on any atom is -0.389 e. The van der Waals surface area contributed by atoms with Crippen LogP contribution < -0.4 is 0 Å². The lowest BCUT2D eigenvalue weighted by Crippen LogP contribution is -2.60. The predicted octanol–water partition coefficient (Wildman–Crippen LogP) is 3.14. The van der Waals surface area contributed by atoms with Gasteiger partial charge >= 0.3 is 0 Å². The van der Waals surface area contributed by atoms with Gasteiger partial charge in [-0.2, -0.15) is 0 Å². The van der Waals surface area contributed by atoms with Crippen molar-refractivity contribution in [2.24, 2.45) is 35.0 Å². The molecule has 4 fully saturated rings. The molecule has 0 aliphatic heterocycles. The standard InChI is InChI=1S/C21H28O3/c1-3-4-13-11-16-15(18-6-5-14(22)12-21(13,18)24)9-10-20(2)17(16)7-8-19(20)23/h1,13,15-18,24H,4-12H2,2H3/t13-,15+,16-,17+,18-,20+,21+/m1/s1. The van der Waals surface area contributed by atoms with E-state index in [9.17, 15) is 14.7 Å². The van der Waals surface area contributed by atoms with Crippen LogP contribution in [0.1, 0.15) is 64.7 Å². The summed E-state index contributed by atoms with van der Waals surface area (Å²) in [5.41, 5.74) is -1.05. The monoisotopic (exact) mass is 328 g/mol. The SMILES string of the molecule is C#CC[C@@H]1C[C@@H]2[C@H](CC[C@]3(C)C(=O)CC[C@@H]23)[C@H]2CCC(=O)C[C@]12O. The molecule has 0 spiro atoms. The first-order valence-electron chi connectivity index (χ1n) is 9.61. The molecule has 4 saturated carbocycles. The molecule has 0 aromatic rings. The van der Waals surface area contributed by atoms with Crippen molar-refractivity contribution in [2.75, 3.05) is 0 Å². The molecule has 0 saturated heterocycles. The minimum absolute atomic E-state index is 0.0102. The third kappa shape index (κ3) is 2.08. The summed E-state index contributed by atoms with van der Waals surface area (Å²) >= 11 is 0. The van der Waals surface area contributed by atoms with Crippen molar-refractivity contribution in [3.8, 4) is 12.3 Å². The molecule has 0 heterocycles. The van der Waals surface area contributed by atoms with Crippen molar-refractivity contribution in [3.05, 3.63) is 0 Å². The number of fused-ring (bicyclic) bond motifs is 5. The number of aliphatic hydroxyl groups is 1. The van der Waals surface area contributed by atoms with E-state index in [-0.39, 0.29) is 29.5 Å². The topological polar surface area (TPSA) is 54.4 Å². The third-order valence-electron chi connectivity index (χ3n) is 8.20. The van der Waals surface area contributed by atoms with Gasteiger partial charge in [-0.25, -0.2) is 0 Å². The lowest BCUT2D eigenvalue weighted by Gasteiger charge is -2.59. The molecule has 3 nitrogen and oxygen atoms in total. The Bertz CT molecular complexity index is 617. The summed E-state index contributed by atoms with van der Waals surface area (Å²) in [6.45, 7) is 2.17. The van der Waals surface area contributed by atoms with E-state index < -0.39 is 5.60 Å². The van der Waals surface area contributed by atoms with Crippen LogP contribution >= 0.6 is 0 Å². The van der Waals surface area contributed by atoms with Gasteiger partial charge in [0.15, 0.2) is 0 Å². The molecule has 4 rings (SSSR count). The highest BCUT2D eigenvalue weighted by Gasteiger charge is 2.62. The highest BCUT2D eigenvalue weighted by Crippen LogP contribution is 2.63. The zero-order valence-corrected chi connectivity index (χ0v) is 14.6. The molecule has 130 valence electrons. The largest absolute Gasteiger partial charge is 0.389 e. The lowest BCUT2D eigenvalue weighted by atomic mass is 9.46. The highest BCUT2D eigenvalue weighted by atomic mass is 16.3. The quantitative estimate of drug-likeness (QED) is 0.752. The van der Waals surface area contributed by atoms with Crippen LogP contribution in [0.15, 0.2) is 0 Å². The van der Waals surface area contributed by atoms with Crippen LogP contribution in [-0.2, 0) is 9.59 Å². The second kappa shape index (κ2) is 5.43. The van der Waals surface area contributed by atoms with Crippen LogP contribution in [0.2, 0.25) is 0 Å². The average molecular weight is 328 g/mol. The molecule has 0 unspecified atom stereocenters. The van der Waals surface area contributed by atoms with Gasteiger partial charge in [-0.3, -0.25) is 9.59 Å². The lowest BCUT2D eigenvalue weighted by molar-refractivity contribution is -0.184. The fourth-order valence-corrected chi connectivity index (χ4v) is 7.00. The Balaban J connectivity index is 1.70. The second-order valence-electron chi connectivity index (χ2n) is 9.04. The first kappa shape index (κ1) is 16.3. The van der Waals surface area contributed by atoms with Crippen molar-refractivity contribution >= 4 is 11.6 Å². The van der Waals surface area contributed by atoms with Gasteiger partial charge in [-0.1, -0.05) is 6.92 Å². The second-order valence-corrected chi connectivity index (χ2v) is 9.04. The van der Waals surface area contributed by atoms with Gasteiger partial charge in [0.1, 0.15) is 11.6 Å². The van der Waals surface area contributed by atoms with Gasteiger partial charge in [0.25, 0.3) is 0 Å². The third-order valence-corrected chi connectivity index (χ3v) is 8.20. The summed E-state index contributed by atoms with van der Waals surface area (Å²) in [6, 6.07) is 0. The van der Waals surface area contributed by atoms with Gasteiger partial charge < -0.3 is 5.11 Å². The minimum atomic E-state index is -0.904. The van der Waals surface area contributed by atoms with Gasteiger partial charge in [0.2, 0.25) is 0 Å². The molecular weight excluding hydrogens is 300 g/mol. The fraction of sp³-hybridized carbons (Fsp3) is 0.810. The van der Waals surface area contributed by atoms with E-state index in [4.69, 9.17) is 6.42 Å². The summed E-state index contributed by atoms with van der Waals surface area (Å²) in [7, 11) is 0. The molecular formula is C21H28O3. The molecule has 7 atom stereocenters. The Kier molecular flexibility index (Phi) is 3.69. The predicted molar refractivity (Wildman–Crippen MR) is 90.9 cm³/mol. The summed E-state index contributed by atoms with van der Waals surface area (Å²) in [5.74, 6) is 4.98. The maximum absolute atomic E-state index is 12.5. The smallest absolute Gasteiger partial charge is 0.139 e. The summed E-state index contributed by atoms with van der Waals surface area (Å²) in [6.07, 6.45) is 12.4. The molecule has 4 aliphatic carbocycles. The van der Waals surface area contributed by atoms with Crippen molar-refractivity contribution in [1.29, 1.82) is 0 Å². The van der Waals surface area contributed by atoms with E-state index in [2.05, 4.69) is 12.8 Å². The first-order valence-corrected chi connectivity index (χ1v) is 9.61. The molecule has 0 aromatic carbocycles. The van der Waals surface area contributed by atoms with Crippen molar-refractivity contribution < 1.29 is 14.7 Å². The number of hydrogen-bond donors (Lipinski definition) is 1. The van der Waals surface area contributed by atoms with E-state index in [0.717, 1.165) is 38.5 Å². The molecule has 0 aromatic heterocycles. The zero-order valence-electron chi connectivity index (χ0n) is 14.6. The normalized spacial score (nSPS) is 50.6. The number of ketones is 2. The maximum Gasteiger partial charge on any atom is 0.139 e. The molecule has 0 radical (unpaired) electrons. The summed E-state index contributed by atoms with van der Waals surface area (Å²) < 4.78 is 0. The van der Waals surface area contributed by atoms with Gasteiger partial charge in [-0.05, 0) is 61.7 Å². The van der Waals surface area contributed by atoms with E-state index in [1.165, 1.54) is 0 Å². The summed E-state index contributed by atoms with van der Waals surface area (Å²) in [5, 5.41) is 11.5. The molecule has 1 N–H and O–H groups in total. The molecule has 3 heteroatoms. The molecule has 0 bridgehead atoms. The van der Waals surface area contributed by atoms with Gasteiger partial charge in [-0.15, -0.1) is 12.3 Å². The zero-order chi connectivity index (χ0) is 17.1. The van der Waals surface area contributed by atoms with E-state index in [0.29, 0.717) is 36.4 Å². The van der Waals surface area contributed by atoms with Gasteiger partial charge in [0, 0.05) is 31.1 Å². The van der Waals surface area contributed by atoms with Crippen molar-refractivity contribution in [2.45, 2.75) is 70.3 Å². The van der Waals surface area contributed by atoms with E-state index in [1.807, 2.05) is 0 Å². The fourth-order valence-electron chi connectivity index (χ4n) is 7.00. The molecule has 24 heavy (non-hydrogen) atoms. The van der Waals surface area contributed by atoms with Crippen molar-refractivity contribution in [3.63, 3.8) is 0 Å². The van der Waals surface area contributed by atoms with E-state index in [1.54, 1.807) is 0 Å². The molecule has 4 aliphatic rings. The van der Waals surface area contributed by atoms with Crippen LogP contribution in [0.3, 0.4) is 0 Å². The van der Waals surface area contributed by atoms with Crippen LogP contribution in [-0.4, -0.2) is 22.3 Å². The van der Waals surface area contributed by atoms with Crippen molar-refractivity contribution in [1.82, 2.24) is 0 Å². The Morgan fingerprint density at radius 3 is 2.67 bits per heavy atom. The average Bonchev–Trinajstić information content (AvgIpc) is 2.83. The van der Waals surface area contributed by atoms with Crippen LogP contribution in [0.4, 0.5) is 0 Å². The number of carbonyl (C=O) groups is 2. The van der Waals surface area contributed by atoms with E-state index >= 15 is 0 Å². The van der Waals surface area contributed by atoms with Crippen LogP contribution in [0, 0.1) is 47.3 Å². The maximum atomic E-state index is 12.5. The Hall–Kier alpha value is -1.14. The van der Waals surface area contributed by atoms with Crippen LogP contribution in [0.5, 0.6) is 0 Å². The van der Waals surface area contributed by atoms with Gasteiger partial charge in [0.05, 0.1) is 5.60 Å².